The van der Waals surface area contributed by atoms with Crippen molar-refractivity contribution in [3.63, 3.8) is 0 Å². The number of benzene rings is 1. The van der Waals surface area contributed by atoms with Crippen LogP contribution in [0.15, 0.2) is 30.5 Å². The van der Waals surface area contributed by atoms with Crippen LogP contribution >= 0.6 is 11.3 Å². The summed E-state index contributed by atoms with van der Waals surface area (Å²) in [6.45, 7) is 3.77. The number of aromatic carboxylic acids is 1. The number of amides is 1. The Kier molecular flexibility index (Phi) is 4.70. The number of carboxylic acid groups (broad SMARTS) is 1. The minimum Gasteiger partial charge on any atom is -0.477 e. The molecule has 0 radical (unpaired) electrons. The lowest BCUT2D eigenvalue weighted by molar-refractivity contribution is -0.121. The van der Waals surface area contributed by atoms with Crippen LogP contribution in [-0.2, 0) is 11.2 Å². The van der Waals surface area contributed by atoms with Crippen molar-refractivity contribution >= 4 is 23.2 Å². The first-order valence-electron chi connectivity index (χ1n) is 6.49. The van der Waals surface area contributed by atoms with Crippen LogP contribution in [0.4, 0.5) is 0 Å². The Balaban J connectivity index is 1.96. The molecule has 0 spiro atoms. The van der Waals surface area contributed by atoms with Crippen LogP contribution in [0.3, 0.4) is 0 Å². The predicted molar refractivity (Wildman–Crippen MR) is 80.5 cm³/mol. The molecule has 0 saturated carbocycles. The molecule has 1 heterocycles. The summed E-state index contributed by atoms with van der Waals surface area (Å²) in [5.74, 6) is -1.11. The van der Waals surface area contributed by atoms with E-state index in [1.165, 1.54) is 6.20 Å². The SMILES string of the molecule is Cc1cccc(CC(=O)NC(C)c2ncc(C(=O)O)s2)c1. The van der Waals surface area contributed by atoms with Gasteiger partial charge in [0.05, 0.1) is 18.7 Å². The number of carboxylic acids is 1. The van der Waals surface area contributed by atoms with Gasteiger partial charge < -0.3 is 10.4 Å². The van der Waals surface area contributed by atoms with Gasteiger partial charge in [-0.2, -0.15) is 0 Å². The molecule has 110 valence electrons. The van der Waals surface area contributed by atoms with E-state index in [0.29, 0.717) is 11.4 Å². The Labute approximate surface area is 126 Å². The van der Waals surface area contributed by atoms with Gasteiger partial charge in [0, 0.05) is 0 Å². The van der Waals surface area contributed by atoms with Crippen LogP contribution in [0.5, 0.6) is 0 Å². The number of aryl methyl sites for hydroxylation is 1. The van der Waals surface area contributed by atoms with Gasteiger partial charge in [-0.15, -0.1) is 11.3 Å². The monoisotopic (exact) mass is 304 g/mol. The number of aromatic nitrogens is 1. The average Bonchev–Trinajstić information content (AvgIpc) is 2.88. The fourth-order valence-electron chi connectivity index (χ4n) is 1.95. The molecule has 6 heteroatoms. The predicted octanol–water partition coefficient (Wildman–Crippen LogP) is 2.57. The number of hydrogen-bond acceptors (Lipinski definition) is 4. The third kappa shape index (κ3) is 4.13. The summed E-state index contributed by atoms with van der Waals surface area (Å²) in [5, 5.41) is 12.3. The Morgan fingerprint density at radius 1 is 1.43 bits per heavy atom. The molecule has 1 amide bonds. The largest absolute Gasteiger partial charge is 0.477 e. The minimum atomic E-state index is -1.00. The molecule has 2 N–H and O–H groups in total. The van der Waals surface area contributed by atoms with Crippen molar-refractivity contribution in [2.24, 2.45) is 0 Å². The molecular weight excluding hydrogens is 288 g/mol. The molecule has 1 atom stereocenters. The van der Waals surface area contributed by atoms with Crippen LogP contribution in [0.25, 0.3) is 0 Å². The second-order valence-electron chi connectivity index (χ2n) is 4.82. The normalized spacial score (nSPS) is 11.9. The van der Waals surface area contributed by atoms with Crippen LogP contribution in [0, 0.1) is 6.92 Å². The van der Waals surface area contributed by atoms with Gasteiger partial charge >= 0.3 is 5.97 Å². The van der Waals surface area contributed by atoms with E-state index < -0.39 is 5.97 Å². The molecule has 1 unspecified atom stereocenters. The Bertz CT molecular complexity index is 666. The molecule has 1 aromatic carbocycles. The molecule has 0 fully saturated rings. The highest BCUT2D eigenvalue weighted by Crippen LogP contribution is 2.20. The summed E-state index contributed by atoms with van der Waals surface area (Å²) in [4.78, 5) is 27.0. The molecule has 5 nitrogen and oxygen atoms in total. The number of carbonyl (C=O) groups excluding carboxylic acids is 1. The first kappa shape index (κ1) is 15.2. The van der Waals surface area contributed by atoms with E-state index in [2.05, 4.69) is 10.3 Å². The zero-order valence-electron chi connectivity index (χ0n) is 11.8. The Hall–Kier alpha value is -2.21. The number of thiazole rings is 1. The van der Waals surface area contributed by atoms with Crippen molar-refractivity contribution < 1.29 is 14.7 Å². The van der Waals surface area contributed by atoms with Crippen molar-refractivity contribution in [2.45, 2.75) is 26.3 Å². The molecule has 1 aromatic heterocycles. The lowest BCUT2D eigenvalue weighted by Gasteiger charge is -2.11. The first-order valence-corrected chi connectivity index (χ1v) is 7.31. The summed E-state index contributed by atoms with van der Waals surface area (Å²) in [7, 11) is 0. The van der Waals surface area contributed by atoms with Gasteiger partial charge in [0.25, 0.3) is 0 Å². The Morgan fingerprint density at radius 3 is 2.81 bits per heavy atom. The van der Waals surface area contributed by atoms with Gasteiger partial charge in [-0.05, 0) is 19.4 Å². The minimum absolute atomic E-state index is 0.111. The van der Waals surface area contributed by atoms with Gasteiger partial charge in [-0.25, -0.2) is 9.78 Å². The van der Waals surface area contributed by atoms with E-state index in [1.807, 2.05) is 31.2 Å². The maximum absolute atomic E-state index is 12.0. The van der Waals surface area contributed by atoms with E-state index in [9.17, 15) is 9.59 Å². The molecule has 2 aromatic rings. The van der Waals surface area contributed by atoms with E-state index in [0.717, 1.165) is 22.5 Å². The molecular formula is C15H16N2O3S. The first-order chi connectivity index (χ1) is 9.95. The fraction of sp³-hybridized carbons (Fsp3) is 0.267. The second-order valence-corrected chi connectivity index (χ2v) is 5.89. The number of rotatable bonds is 5. The quantitative estimate of drug-likeness (QED) is 0.889. The highest BCUT2D eigenvalue weighted by Gasteiger charge is 2.16. The number of nitrogens with one attached hydrogen (secondary N) is 1. The van der Waals surface area contributed by atoms with Crippen LogP contribution in [-0.4, -0.2) is 22.0 Å². The summed E-state index contributed by atoms with van der Waals surface area (Å²) in [6, 6.07) is 7.47. The highest BCUT2D eigenvalue weighted by molar-refractivity contribution is 7.13. The molecule has 2 rings (SSSR count). The molecule has 21 heavy (non-hydrogen) atoms. The Morgan fingerprint density at radius 2 is 2.19 bits per heavy atom. The lowest BCUT2D eigenvalue weighted by atomic mass is 10.1. The third-order valence-electron chi connectivity index (χ3n) is 2.93. The number of hydrogen-bond donors (Lipinski definition) is 2. The van der Waals surface area contributed by atoms with Crippen molar-refractivity contribution in [2.75, 3.05) is 0 Å². The lowest BCUT2D eigenvalue weighted by Crippen LogP contribution is -2.28. The summed E-state index contributed by atoms with van der Waals surface area (Å²) >= 11 is 1.07. The van der Waals surface area contributed by atoms with E-state index in [1.54, 1.807) is 6.92 Å². The van der Waals surface area contributed by atoms with E-state index >= 15 is 0 Å². The van der Waals surface area contributed by atoms with Crippen molar-refractivity contribution in [1.29, 1.82) is 0 Å². The molecule has 0 aliphatic carbocycles. The van der Waals surface area contributed by atoms with E-state index in [-0.39, 0.29) is 16.8 Å². The highest BCUT2D eigenvalue weighted by atomic mass is 32.1. The second kappa shape index (κ2) is 6.49. The van der Waals surface area contributed by atoms with Gasteiger partial charge in [0.2, 0.25) is 5.91 Å². The zero-order chi connectivity index (χ0) is 15.4. The smallest absolute Gasteiger partial charge is 0.347 e. The van der Waals surface area contributed by atoms with E-state index in [4.69, 9.17) is 5.11 Å². The average molecular weight is 304 g/mol. The molecule has 0 saturated heterocycles. The van der Waals surface area contributed by atoms with Crippen molar-refractivity contribution in [3.8, 4) is 0 Å². The van der Waals surface area contributed by atoms with Crippen molar-refractivity contribution in [1.82, 2.24) is 10.3 Å². The van der Waals surface area contributed by atoms with Gasteiger partial charge in [-0.3, -0.25) is 4.79 Å². The number of nitrogens with zero attached hydrogens (tertiary/aromatic N) is 1. The molecule has 0 aliphatic heterocycles. The summed E-state index contributed by atoms with van der Waals surface area (Å²) in [5.41, 5.74) is 2.06. The maximum Gasteiger partial charge on any atom is 0.347 e. The zero-order valence-corrected chi connectivity index (χ0v) is 12.6. The third-order valence-corrected chi connectivity index (χ3v) is 4.10. The molecule has 0 aliphatic rings. The van der Waals surface area contributed by atoms with Crippen LogP contribution < -0.4 is 5.32 Å². The standard InChI is InChI=1S/C15H16N2O3S/c1-9-4-3-5-11(6-9)7-13(18)17-10(2)14-16-8-12(21-14)15(19)20/h3-6,8,10H,7H2,1-2H3,(H,17,18)(H,19,20). The number of carbonyl (C=O) groups is 2. The van der Waals surface area contributed by atoms with Crippen LogP contribution in [0.1, 0.15) is 38.8 Å². The summed E-state index contributed by atoms with van der Waals surface area (Å²) in [6.07, 6.45) is 1.61. The van der Waals surface area contributed by atoms with Gasteiger partial charge in [0.1, 0.15) is 9.88 Å². The molecule has 0 bridgehead atoms. The van der Waals surface area contributed by atoms with Crippen molar-refractivity contribution in [3.05, 3.63) is 51.5 Å². The maximum atomic E-state index is 12.0. The fourth-order valence-corrected chi connectivity index (χ4v) is 2.71. The van der Waals surface area contributed by atoms with Crippen LogP contribution in [0.2, 0.25) is 0 Å². The summed E-state index contributed by atoms with van der Waals surface area (Å²) < 4.78 is 0. The van der Waals surface area contributed by atoms with Gasteiger partial charge in [0.15, 0.2) is 0 Å². The topological polar surface area (TPSA) is 79.3 Å². The van der Waals surface area contributed by atoms with Gasteiger partial charge in [-0.1, -0.05) is 29.8 Å².